The van der Waals surface area contributed by atoms with E-state index in [1.165, 1.54) is 76.3 Å². The average Bonchev–Trinajstić information content (AvgIpc) is 3.27. The number of carbonyl (C=O) groups is 4. The van der Waals surface area contributed by atoms with E-state index in [2.05, 4.69) is 38.1 Å². The van der Waals surface area contributed by atoms with Crippen LogP contribution in [0.3, 0.4) is 0 Å². The second kappa shape index (κ2) is 44.3. The van der Waals surface area contributed by atoms with Crippen molar-refractivity contribution in [2.45, 2.75) is 245 Å². The van der Waals surface area contributed by atoms with Crippen LogP contribution >= 0.6 is 0 Å². The van der Waals surface area contributed by atoms with Gasteiger partial charge in [0.15, 0.2) is 0 Å². The molecule has 0 aliphatic carbocycles. The van der Waals surface area contributed by atoms with E-state index in [0.717, 1.165) is 103 Å². The third-order valence-electron chi connectivity index (χ3n) is 11.5. The van der Waals surface area contributed by atoms with E-state index in [-0.39, 0.29) is 98.1 Å². The van der Waals surface area contributed by atoms with Crippen LogP contribution in [0.1, 0.15) is 219 Å². The number of carboxylic acids is 2. The zero-order valence-electron chi connectivity index (χ0n) is 41.1. The van der Waals surface area contributed by atoms with Gasteiger partial charge in [0.2, 0.25) is 0 Å². The fourth-order valence-corrected chi connectivity index (χ4v) is 7.91. The third-order valence-corrected chi connectivity index (χ3v) is 11.5. The molecule has 0 saturated heterocycles. The Morgan fingerprint density at radius 1 is 0.415 bits per heavy atom. The molecule has 0 heterocycles. The number of hydrogen-bond donors (Lipinski definition) is 0. The first kappa shape index (κ1) is 62.8. The molecule has 0 N–H and O–H groups in total. The van der Waals surface area contributed by atoms with E-state index >= 15 is 0 Å². The number of hydrogen-bond acceptors (Lipinski definition) is 10. The Hall–Kier alpha value is -2.19. The number of carbonyl (C=O) groups excluding carboxylic acids is 4. The quantitative estimate of drug-likeness (QED) is 0.0358. The number of esters is 2. The smallest absolute Gasteiger partial charge is 0.550 e. The van der Waals surface area contributed by atoms with E-state index in [1.54, 1.807) is 0 Å². The molecule has 0 bridgehead atoms. The number of unbranched alkanes of at least 4 members (excludes halogenated alkanes) is 12. The van der Waals surface area contributed by atoms with Crippen molar-refractivity contribution < 1.29 is 48.3 Å². The second-order valence-corrected chi connectivity index (χ2v) is 17.5. The van der Waals surface area contributed by atoms with Crippen molar-refractivity contribution in [3.63, 3.8) is 0 Å². The van der Waals surface area contributed by atoms with Crippen molar-refractivity contribution in [3.05, 3.63) is 71.8 Å². The predicted molar refractivity (Wildman–Crippen MR) is 258 cm³/mol. The summed E-state index contributed by atoms with van der Waals surface area (Å²) in [5.74, 6) is -2.49. The Balaban J connectivity index is 0.00000124. The van der Waals surface area contributed by atoms with E-state index in [4.69, 9.17) is 18.9 Å². The molecule has 65 heavy (non-hydrogen) atoms. The summed E-state index contributed by atoms with van der Waals surface area (Å²) >= 11 is 0. The van der Waals surface area contributed by atoms with Crippen LogP contribution in [0, 0.1) is 0 Å². The SMILES string of the molecule is CCCCCCC(CCCCC(CCCCCC(=O)[O-])OC(C)=O)OCc1ccccc1.CCCCCCC(CCCCC(CCCCCC(=O)[O-])OC(C)=O)OCc1ccccc1.[Ba+2]. The molecule has 0 fully saturated rings. The van der Waals surface area contributed by atoms with Gasteiger partial charge in [0.1, 0.15) is 12.2 Å². The Bertz CT molecular complexity index is 1320. The molecule has 0 amide bonds. The van der Waals surface area contributed by atoms with Gasteiger partial charge >= 0.3 is 60.8 Å². The van der Waals surface area contributed by atoms with Crippen molar-refractivity contribution in [1.29, 1.82) is 0 Å². The van der Waals surface area contributed by atoms with E-state index < -0.39 is 11.9 Å². The molecule has 2 aromatic carbocycles. The normalized spacial score (nSPS) is 12.7. The topological polar surface area (TPSA) is 151 Å². The Kier molecular flexibility index (Phi) is 42.8. The predicted octanol–water partition coefficient (Wildman–Crippen LogP) is 11.1. The minimum absolute atomic E-state index is 0. The van der Waals surface area contributed by atoms with Crippen molar-refractivity contribution >= 4 is 72.8 Å². The Morgan fingerprint density at radius 3 is 0.969 bits per heavy atom. The number of ether oxygens (including phenoxy) is 4. The van der Waals surface area contributed by atoms with Gasteiger partial charge in [-0.1, -0.05) is 152 Å². The molecular formula is C54H86BaO10. The number of carboxylic acid groups (broad SMARTS) is 2. The molecule has 0 aromatic heterocycles. The molecule has 4 unspecified atom stereocenters. The average molecular weight is 1030 g/mol. The standard InChI is InChI=1S/2C27H44O5.Ba/c2*1-3-4-5-10-17-25(31-22-24-15-8-6-9-16-24)18-13-14-20-26(32-23(2)28)19-11-7-12-21-27(29)30;/h2*6,8-9,15-16,25-26H,3-5,7,10-14,17-22H2,1-2H3,(H,29,30);/q;;+2/p-2. The van der Waals surface area contributed by atoms with Crippen LogP contribution in [0.4, 0.5) is 0 Å². The maximum absolute atomic E-state index is 11.4. The number of benzene rings is 2. The van der Waals surface area contributed by atoms with E-state index in [0.29, 0.717) is 26.1 Å². The number of rotatable bonds is 40. The molecule has 0 spiro atoms. The van der Waals surface area contributed by atoms with Gasteiger partial charge in [0.05, 0.1) is 25.4 Å². The fourth-order valence-electron chi connectivity index (χ4n) is 7.91. The Labute approximate surface area is 434 Å². The molecule has 0 radical (unpaired) electrons. The fraction of sp³-hybridized carbons (Fsp3) is 0.704. The monoisotopic (exact) mass is 1030 g/mol. The summed E-state index contributed by atoms with van der Waals surface area (Å²) in [6, 6.07) is 20.6. The maximum atomic E-state index is 11.4. The van der Waals surface area contributed by atoms with Crippen LogP contribution in [0.2, 0.25) is 0 Å². The van der Waals surface area contributed by atoms with Gasteiger partial charge < -0.3 is 38.7 Å². The van der Waals surface area contributed by atoms with Crippen LogP contribution in [0.25, 0.3) is 0 Å². The first-order chi connectivity index (χ1) is 31.0. The molecule has 10 nitrogen and oxygen atoms in total. The molecule has 2 rings (SSSR count). The molecular weight excluding hydrogens is 946 g/mol. The summed E-state index contributed by atoms with van der Waals surface area (Å²) in [4.78, 5) is 43.9. The van der Waals surface area contributed by atoms with E-state index in [1.807, 2.05) is 36.4 Å². The van der Waals surface area contributed by atoms with Crippen LogP contribution in [-0.4, -0.2) is 97.2 Å². The van der Waals surface area contributed by atoms with Gasteiger partial charge in [0, 0.05) is 25.8 Å². The van der Waals surface area contributed by atoms with Crippen molar-refractivity contribution in [2.24, 2.45) is 0 Å². The van der Waals surface area contributed by atoms with Gasteiger partial charge in [-0.25, -0.2) is 0 Å². The molecule has 4 atom stereocenters. The minimum atomic E-state index is -1.000. The molecule has 0 saturated carbocycles. The van der Waals surface area contributed by atoms with E-state index in [9.17, 15) is 29.4 Å². The largest absolute Gasteiger partial charge is 2.00 e. The molecule has 364 valence electrons. The second-order valence-electron chi connectivity index (χ2n) is 17.5. The third kappa shape index (κ3) is 40.6. The van der Waals surface area contributed by atoms with Crippen LogP contribution in [-0.2, 0) is 51.3 Å². The Morgan fingerprint density at radius 2 is 0.692 bits per heavy atom. The van der Waals surface area contributed by atoms with Crippen molar-refractivity contribution in [3.8, 4) is 0 Å². The first-order valence-electron chi connectivity index (χ1n) is 25.1. The summed E-state index contributed by atoms with van der Waals surface area (Å²) in [6.45, 7) is 8.67. The minimum Gasteiger partial charge on any atom is -0.550 e. The zero-order valence-corrected chi connectivity index (χ0v) is 45.5. The van der Waals surface area contributed by atoms with Crippen LogP contribution in [0.5, 0.6) is 0 Å². The number of aliphatic carboxylic acids is 2. The van der Waals surface area contributed by atoms with Crippen molar-refractivity contribution in [1.82, 2.24) is 0 Å². The van der Waals surface area contributed by atoms with Gasteiger partial charge in [-0.15, -0.1) is 0 Å². The summed E-state index contributed by atoms with van der Waals surface area (Å²) in [5.41, 5.74) is 2.42. The van der Waals surface area contributed by atoms with Crippen LogP contribution in [0.15, 0.2) is 60.7 Å². The molecule has 11 heteroatoms. The van der Waals surface area contributed by atoms with Gasteiger partial charge in [-0.2, -0.15) is 0 Å². The summed E-state index contributed by atoms with van der Waals surface area (Å²) in [5, 5.41) is 21.0. The van der Waals surface area contributed by atoms with Gasteiger partial charge in [0.25, 0.3) is 0 Å². The summed E-state index contributed by atoms with van der Waals surface area (Å²) in [7, 11) is 0. The first-order valence-corrected chi connectivity index (χ1v) is 25.1. The molecule has 2 aromatic rings. The van der Waals surface area contributed by atoms with Crippen LogP contribution < -0.4 is 10.2 Å². The van der Waals surface area contributed by atoms with Crippen molar-refractivity contribution in [2.75, 3.05) is 0 Å². The van der Waals surface area contributed by atoms with Gasteiger partial charge in [-0.05, 0) is 114 Å². The molecule has 0 aliphatic heterocycles. The van der Waals surface area contributed by atoms with Gasteiger partial charge in [-0.3, -0.25) is 9.59 Å². The maximum Gasteiger partial charge on any atom is 2.00 e. The zero-order chi connectivity index (χ0) is 46.9. The molecule has 0 aliphatic rings. The summed E-state index contributed by atoms with van der Waals surface area (Å²) < 4.78 is 23.5. The summed E-state index contributed by atoms with van der Waals surface area (Å²) in [6.07, 6.45) is 26.7.